The van der Waals surface area contributed by atoms with Gasteiger partial charge in [0.2, 0.25) is 0 Å². The molecule has 0 radical (unpaired) electrons. The Hall–Kier alpha value is -0.820. The molecule has 0 aliphatic rings. The van der Waals surface area contributed by atoms with Crippen LogP contribution in [0.1, 0.15) is 45.2 Å². The second-order valence-corrected chi connectivity index (χ2v) is 5.90. The fourth-order valence-electron chi connectivity index (χ4n) is 2.22. The molecule has 1 aromatic carbocycles. The van der Waals surface area contributed by atoms with E-state index >= 15 is 0 Å². The fraction of sp³-hybridized carbons (Fsp3) is 0.647. The maximum Gasteiger partial charge on any atom is 0.00104 e. The highest BCUT2D eigenvalue weighted by Gasteiger charge is 2.16. The zero-order chi connectivity index (χ0) is 13.5. The average molecular weight is 247 g/mol. The lowest BCUT2D eigenvalue weighted by Gasteiger charge is -2.25. The zero-order valence-corrected chi connectivity index (χ0v) is 12.7. The van der Waals surface area contributed by atoms with Crippen LogP contribution in [0.2, 0.25) is 0 Å². The van der Waals surface area contributed by atoms with Crippen LogP contribution in [0, 0.1) is 18.8 Å². The van der Waals surface area contributed by atoms with Crippen molar-refractivity contribution in [2.24, 2.45) is 11.8 Å². The molecule has 0 bridgehead atoms. The molecule has 0 fully saturated rings. The molecule has 0 heterocycles. The summed E-state index contributed by atoms with van der Waals surface area (Å²) in [6.45, 7) is 12.4. The zero-order valence-electron chi connectivity index (χ0n) is 12.7. The topological polar surface area (TPSA) is 12.0 Å². The molecule has 1 rings (SSSR count). The van der Waals surface area contributed by atoms with E-state index in [2.05, 4.69) is 64.2 Å². The van der Waals surface area contributed by atoms with Gasteiger partial charge in [0.05, 0.1) is 0 Å². The Labute approximate surface area is 113 Å². The lowest BCUT2D eigenvalue weighted by Crippen LogP contribution is -2.32. The summed E-state index contributed by atoms with van der Waals surface area (Å²) in [6.07, 6.45) is 2.45. The van der Waals surface area contributed by atoms with Crippen LogP contribution in [-0.4, -0.2) is 12.6 Å². The van der Waals surface area contributed by atoms with Crippen molar-refractivity contribution >= 4 is 0 Å². The third kappa shape index (κ3) is 5.22. The fourth-order valence-corrected chi connectivity index (χ4v) is 2.22. The minimum absolute atomic E-state index is 0.578. The van der Waals surface area contributed by atoms with Gasteiger partial charge >= 0.3 is 0 Å². The molecule has 1 nitrogen and oxygen atoms in total. The first-order valence-electron chi connectivity index (χ1n) is 7.31. The summed E-state index contributed by atoms with van der Waals surface area (Å²) in [6, 6.07) is 9.58. The summed E-state index contributed by atoms with van der Waals surface area (Å²) in [5.41, 5.74) is 2.82. The van der Waals surface area contributed by atoms with Gasteiger partial charge in [-0.05, 0) is 37.3 Å². The summed E-state index contributed by atoms with van der Waals surface area (Å²) < 4.78 is 0. The Morgan fingerprint density at radius 3 is 2.17 bits per heavy atom. The highest BCUT2D eigenvalue weighted by atomic mass is 14.9. The third-order valence-corrected chi connectivity index (χ3v) is 3.86. The van der Waals surface area contributed by atoms with Crippen LogP contribution >= 0.6 is 0 Å². The predicted molar refractivity (Wildman–Crippen MR) is 81.0 cm³/mol. The van der Waals surface area contributed by atoms with E-state index in [-0.39, 0.29) is 0 Å². The molecule has 0 aliphatic carbocycles. The number of rotatable bonds is 7. The SMILES string of the molecule is CCC(C)C(CNC(C)C)Cc1ccc(C)cc1. The Morgan fingerprint density at radius 2 is 1.67 bits per heavy atom. The van der Waals surface area contributed by atoms with Crippen molar-refractivity contribution in [3.8, 4) is 0 Å². The van der Waals surface area contributed by atoms with Gasteiger partial charge in [-0.1, -0.05) is 63.9 Å². The molecular formula is C17H29N. The predicted octanol–water partition coefficient (Wildman–Crippen LogP) is 4.20. The van der Waals surface area contributed by atoms with E-state index in [9.17, 15) is 0 Å². The molecule has 0 spiro atoms. The number of hydrogen-bond donors (Lipinski definition) is 1. The van der Waals surface area contributed by atoms with Crippen LogP contribution in [-0.2, 0) is 6.42 Å². The maximum absolute atomic E-state index is 3.59. The summed E-state index contributed by atoms with van der Waals surface area (Å²) in [7, 11) is 0. The van der Waals surface area contributed by atoms with Gasteiger partial charge in [0.15, 0.2) is 0 Å². The molecule has 1 N–H and O–H groups in total. The summed E-state index contributed by atoms with van der Waals surface area (Å²) in [5, 5.41) is 3.59. The third-order valence-electron chi connectivity index (χ3n) is 3.86. The van der Waals surface area contributed by atoms with E-state index in [4.69, 9.17) is 0 Å². The van der Waals surface area contributed by atoms with Gasteiger partial charge in [0.25, 0.3) is 0 Å². The van der Waals surface area contributed by atoms with E-state index in [0.29, 0.717) is 6.04 Å². The van der Waals surface area contributed by atoms with E-state index < -0.39 is 0 Å². The van der Waals surface area contributed by atoms with Crippen molar-refractivity contribution in [1.82, 2.24) is 5.32 Å². The molecule has 1 aromatic rings. The van der Waals surface area contributed by atoms with Crippen LogP contribution in [0.5, 0.6) is 0 Å². The Morgan fingerprint density at radius 1 is 1.06 bits per heavy atom. The highest BCUT2D eigenvalue weighted by Crippen LogP contribution is 2.20. The van der Waals surface area contributed by atoms with E-state index in [1.807, 2.05) is 0 Å². The van der Waals surface area contributed by atoms with Crippen molar-refractivity contribution in [2.75, 3.05) is 6.54 Å². The number of benzene rings is 1. The molecule has 2 atom stereocenters. The van der Waals surface area contributed by atoms with Gasteiger partial charge in [-0.15, -0.1) is 0 Å². The lowest BCUT2D eigenvalue weighted by molar-refractivity contribution is 0.320. The van der Waals surface area contributed by atoms with Gasteiger partial charge < -0.3 is 5.32 Å². The maximum atomic E-state index is 3.59. The molecule has 2 unspecified atom stereocenters. The number of nitrogens with one attached hydrogen (secondary N) is 1. The van der Waals surface area contributed by atoms with E-state index in [1.54, 1.807) is 0 Å². The lowest BCUT2D eigenvalue weighted by atomic mass is 9.86. The first-order chi connectivity index (χ1) is 8.52. The first-order valence-corrected chi connectivity index (χ1v) is 7.31. The Bertz CT molecular complexity index is 326. The first kappa shape index (κ1) is 15.2. The van der Waals surface area contributed by atoms with Gasteiger partial charge in [-0.3, -0.25) is 0 Å². The molecule has 0 aliphatic heterocycles. The van der Waals surface area contributed by atoms with Crippen LogP contribution in [0.15, 0.2) is 24.3 Å². The number of aryl methyl sites for hydroxylation is 1. The molecular weight excluding hydrogens is 218 g/mol. The van der Waals surface area contributed by atoms with E-state index in [1.165, 1.54) is 24.0 Å². The minimum Gasteiger partial charge on any atom is -0.314 e. The standard InChI is InChI=1S/C17H29N/c1-6-15(5)17(12-18-13(2)3)11-16-9-7-14(4)8-10-16/h7-10,13,15,17-18H,6,11-12H2,1-5H3. The minimum atomic E-state index is 0.578. The van der Waals surface area contributed by atoms with Crippen molar-refractivity contribution < 1.29 is 0 Å². The van der Waals surface area contributed by atoms with Gasteiger partial charge in [0, 0.05) is 6.04 Å². The molecule has 0 aromatic heterocycles. The number of hydrogen-bond acceptors (Lipinski definition) is 1. The normalized spacial score (nSPS) is 14.8. The van der Waals surface area contributed by atoms with Crippen molar-refractivity contribution in [1.29, 1.82) is 0 Å². The molecule has 0 saturated carbocycles. The van der Waals surface area contributed by atoms with Gasteiger partial charge in [-0.25, -0.2) is 0 Å². The quantitative estimate of drug-likeness (QED) is 0.761. The molecule has 0 amide bonds. The average Bonchev–Trinajstić information content (AvgIpc) is 2.35. The summed E-state index contributed by atoms with van der Waals surface area (Å²) in [4.78, 5) is 0. The Kier molecular flexibility index (Phi) is 6.42. The molecule has 0 saturated heterocycles. The monoisotopic (exact) mass is 247 g/mol. The highest BCUT2D eigenvalue weighted by molar-refractivity contribution is 5.21. The summed E-state index contributed by atoms with van der Waals surface area (Å²) in [5.74, 6) is 1.51. The van der Waals surface area contributed by atoms with Gasteiger partial charge in [-0.2, -0.15) is 0 Å². The molecule has 1 heteroatoms. The van der Waals surface area contributed by atoms with Crippen LogP contribution in [0.4, 0.5) is 0 Å². The second kappa shape index (κ2) is 7.58. The summed E-state index contributed by atoms with van der Waals surface area (Å²) >= 11 is 0. The van der Waals surface area contributed by atoms with Gasteiger partial charge in [0.1, 0.15) is 0 Å². The van der Waals surface area contributed by atoms with Crippen molar-refractivity contribution in [3.05, 3.63) is 35.4 Å². The van der Waals surface area contributed by atoms with Crippen LogP contribution < -0.4 is 5.32 Å². The Balaban J connectivity index is 2.62. The largest absolute Gasteiger partial charge is 0.314 e. The van der Waals surface area contributed by atoms with Crippen molar-refractivity contribution in [2.45, 2.75) is 53.5 Å². The molecule has 18 heavy (non-hydrogen) atoms. The van der Waals surface area contributed by atoms with E-state index in [0.717, 1.165) is 18.4 Å². The second-order valence-electron chi connectivity index (χ2n) is 5.90. The van der Waals surface area contributed by atoms with Crippen LogP contribution in [0.3, 0.4) is 0 Å². The van der Waals surface area contributed by atoms with Crippen molar-refractivity contribution in [3.63, 3.8) is 0 Å². The molecule has 102 valence electrons. The smallest absolute Gasteiger partial charge is 0.00104 e. The van der Waals surface area contributed by atoms with Crippen LogP contribution in [0.25, 0.3) is 0 Å².